The van der Waals surface area contributed by atoms with Gasteiger partial charge in [-0.3, -0.25) is 0 Å². The van der Waals surface area contributed by atoms with Gasteiger partial charge in [-0.15, -0.1) is 0 Å². The third-order valence-electron chi connectivity index (χ3n) is 3.41. The molecule has 106 valence electrons. The van der Waals surface area contributed by atoms with Gasteiger partial charge in [-0.05, 0) is 23.6 Å². The maximum Gasteiger partial charge on any atom is 0.139 e. The van der Waals surface area contributed by atoms with Crippen LogP contribution in [0.25, 0.3) is 10.8 Å². The van der Waals surface area contributed by atoms with Crippen molar-refractivity contribution in [3.8, 4) is 5.75 Å². The molecule has 0 aliphatic rings. The van der Waals surface area contributed by atoms with Gasteiger partial charge in [0.2, 0.25) is 0 Å². The molecule has 0 heterocycles. The third kappa shape index (κ3) is 2.85. The van der Waals surface area contributed by atoms with Gasteiger partial charge in [0.15, 0.2) is 0 Å². The maximum absolute atomic E-state index is 9.95. The third-order valence-corrected chi connectivity index (χ3v) is 4.41. The number of phenols is 1. The summed E-state index contributed by atoms with van der Waals surface area (Å²) in [5.41, 5.74) is 1.79. The fraction of sp³-hybridized carbons (Fsp3) is 0.0588. The van der Waals surface area contributed by atoms with Crippen LogP contribution in [0, 0.1) is 0 Å². The van der Waals surface area contributed by atoms with E-state index in [0.29, 0.717) is 11.6 Å². The Bertz CT molecular complexity index is 804. The van der Waals surface area contributed by atoms with E-state index in [2.05, 4.69) is 33.4 Å². The Morgan fingerprint density at radius 3 is 2.52 bits per heavy atom. The van der Waals surface area contributed by atoms with Crippen LogP contribution in [-0.4, -0.2) is 5.11 Å². The average Bonchev–Trinajstić information content (AvgIpc) is 2.51. The van der Waals surface area contributed by atoms with Crippen molar-refractivity contribution in [1.82, 2.24) is 0 Å². The predicted octanol–water partition coefficient (Wildman–Crippen LogP) is 5.57. The molecule has 0 bridgehead atoms. The molecule has 0 aliphatic carbocycles. The highest BCUT2D eigenvalue weighted by molar-refractivity contribution is 9.10. The van der Waals surface area contributed by atoms with E-state index in [1.807, 2.05) is 36.4 Å². The van der Waals surface area contributed by atoms with Gasteiger partial charge in [0.05, 0.1) is 5.02 Å². The molecule has 0 fully saturated rings. The van der Waals surface area contributed by atoms with Crippen LogP contribution in [0.3, 0.4) is 0 Å². The largest absolute Gasteiger partial charge is 0.506 e. The monoisotopic (exact) mass is 361 g/mol. The van der Waals surface area contributed by atoms with Crippen molar-refractivity contribution >= 4 is 44.0 Å². The van der Waals surface area contributed by atoms with Crippen molar-refractivity contribution in [3.63, 3.8) is 0 Å². The molecular formula is C17H13BrClNO. The molecule has 0 aliphatic heterocycles. The number of rotatable bonds is 3. The van der Waals surface area contributed by atoms with Gasteiger partial charge >= 0.3 is 0 Å². The zero-order valence-electron chi connectivity index (χ0n) is 11.1. The summed E-state index contributed by atoms with van der Waals surface area (Å²) in [6.07, 6.45) is 0. The molecule has 0 amide bonds. The molecule has 3 rings (SSSR count). The Morgan fingerprint density at radius 2 is 1.71 bits per heavy atom. The van der Waals surface area contributed by atoms with E-state index in [4.69, 9.17) is 11.6 Å². The second kappa shape index (κ2) is 5.96. The smallest absolute Gasteiger partial charge is 0.139 e. The van der Waals surface area contributed by atoms with Crippen LogP contribution in [-0.2, 0) is 6.54 Å². The van der Waals surface area contributed by atoms with Crippen molar-refractivity contribution in [2.75, 3.05) is 5.32 Å². The van der Waals surface area contributed by atoms with Crippen LogP contribution in [0.15, 0.2) is 59.1 Å². The van der Waals surface area contributed by atoms with Gasteiger partial charge in [0, 0.05) is 27.7 Å². The van der Waals surface area contributed by atoms with Crippen LogP contribution < -0.4 is 5.32 Å². The average molecular weight is 363 g/mol. The number of halogens is 2. The molecule has 3 aromatic carbocycles. The quantitative estimate of drug-likeness (QED) is 0.638. The minimum absolute atomic E-state index is 0.132. The first-order valence-electron chi connectivity index (χ1n) is 6.54. The van der Waals surface area contributed by atoms with Crippen molar-refractivity contribution in [2.45, 2.75) is 6.54 Å². The van der Waals surface area contributed by atoms with E-state index in [9.17, 15) is 5.11 Å². The summed E-state index contributed by atoms with van der Waals surface area (Å²) >= 11 is 9.49. The van der Waals surface area contributed by atoms with Crippen LogP contribution in [0.2, 0.25) is 5.02 Å². The Balaban J connectivity index is 1.92. The topological polar surface area (TPSA) is 32.3 Å². The Hall–Kier alpha value is -1.71. The number of fused-ring (bicyclic) bond motifs is 1. The summed E-state index contributed by atoms with van der Waals surface area (Å²) in [5, 5.41) is 16.0. The van der Waals surface area contributed by atoms with Gasteiger partial charge in [0.1, 0.15) is 5.75 Å². The number of benzene rings is 3. The van der Waals surface area contributed by atoms with E-state index < -0.39 is 0 Å². The van der Waals surface area contributed by atoms with Crippen molar-refractivity contribution in [1.29, 1.82) is 0 Å². The Kier molecular flexibility index (Phi) is 4.04. The molecule has 0 saturated carbocycles. The second-order valence-electron chi connectivity index (χ2n) is 4.74. The molecule has 0 aromatic heterocycles. The van der Waals surface area contributed by atoms with E-state index >= 15 is 0 Å². The normalized spacial score (nSPS) is 10.8. The van der Waals surface area contributed by atoms with Crippen molar-refractivity contribution in [3.05, 3.63) is 69.7 Å². The first-order valence-corrected chi connectivity index (χ1v) is 7.71. The molecule has 0 radical (unpaired) electrons. The van der Waals surface area contributed by atoms with Crippen molar-refractivity contribution in [2.24, 2.45) is 0 Å². The molecular weight excluding hydrogens is 350 g/mol. The summed E-state index contributed by atoms with van der Waals surface area (Å²) in [6.45, 7) is 0.512. The Labute approximate surface area is 136 Å². The minimum Gasteiger partial charge on any atom is -0.506 e. The van der Waals surface area contributed by atoms with E-state index in [0.717, 1.165) is 26.5 Å². The molecule has 0 saturated heterocycles. The lowest BCUT2D eigenvalue weighted by Gasteiger charge is -2.12. The number of anilines is 1. The van der Waals surface area contributed by atoms with Gasteiger partial charge in [-0.1, -0.05) is 63.9 Å². The first kappa shape index (κ1) is 14.2. The zero-order valence-corrected chi connectivity index (χ0v) is 13.4. The van der Waals surface area contributed by atoms with E-state index in [1.54, 1.807) is 6.07 Å². The predicted molar refractivity (Wildman–Crippen MR) is 92.1 cm³/mol. The van der Waals surface area contributed by atoms with Crippen molar-refractivity contribution < 1.29 is 5.11 Å². The summed E-state index contributed by atoms with van der Waals surface area (Å²) in [7, 11) is 0. The minimum atomic E-state index is 0.132. The fourth-order valence-corrected chi connectivity index (χ4v) is 2.98. The van der Waals surface area contributed by atoms with Gasteiger partial charge in [0.25, 0.3) is 0 Å². The molecule has 21 heavy (non-hydrogen) atoms. The molecule has 4 heteroatoms. The lowest BCUT2D eigenvalue weighted by atomic mass is 10.1. The van der Waals surface area contributed by atoms with E-state index in [1.165, 1.54) is 0 Å². The molecule has 2 nitrogen and oxygen atoms in total. The van der Waals surface area contributed by atoms with Crippen LogP contribution in [0.5, 0.6) is 5.75 Å². The van der Waals surface area contributed by atoms with E-state index in [-0.39, 0.29) is 5.75 Å². The highest BCUT2D eigenvalue weighted by atomic mass is 79.9. The number of phenolic OH excluding ortho intramolecular Hbond substituents is 1. The standard InChI is InChI=1S/C17H13BrClNO/c18-14-8-9-16(13-6-2-1-5-12(13)14)20-10-11-4-3-7-15(19)17(11)21/h1-9,20-21H,10H2. The SMILES string of the molecule is Oc1c(Cl)cccc1CNc1ccc(Br)c2ccccc12. The highest BCUT2D eigenvalue weighted by Crippen LogP contribution is 2.31. The highest BCUT2D eigenvalue weighted by Gasteiger charge is 2.07. The number of hydrogen-bond donors (Lipinski definition) is 2. The zero-order chi connectivity index (χ0) is 14.8. The summed E-state index contributed by atoms with van der Waals surface area (Å²) in [6, 6.07) is 17.6. The first-order chi connectivity index (χ1) is 10.2. The molecule has 2 N–H and O–H groups in total. The van der Waals surface area contributed by atoms with Crippen LogP contribution in [0.4, 0.5) is 5.69 Å². The number of aromatic hydroxyl groups is 1. The molecule has 0 atom stereocenters. The number of hydrogen-bond acceptors (Lipinski definition) is 2. The molecule has 3 aromatic rings. The lowest BCUT2D eigenvalue weighted by molar-refractivity contribution is 0.469. The van der Waals surface area contributed by atoms with Crippen LogP contribution in [0.1, 0.15) is 5.56 Å². The molecule has 0 unspecified atom stereocenters. The van der Waals surface area contributed by atoms with Gasteiger partial charge in [-0.25, -0.2) is 0 Å². The van der Waals surface area contributed by atoms with Gasteiger partial charge < -0.3 is 10.4 Å². The second-order valence-corrected chi connectivity index (χ2v) is 6.00. The number of nitrogens with one attached hydrogen (secondary N) is 1. The van der Waals surface area contributed by atoms with Gasteiger partial charge in [-0.2, -0.15) is 0 Å². The molecule has 0 spiro atoms. The Morgan fingerprint density at radius 1 is 0.952 bits per heavy atom. The summed E-state index contributed by atoms with van der Waals surface area (Å²) in [5.74, 6) is 0.132. The summed E-state index contributed by atoms with van der Waals surface area (Å²) in [4.78, 5) is 0. The maximum atomic E-state index is 9.95. The lowest BCUT2D eigenvalue weighted by Crippen LogP contribution is -2.00. The van der Waals surface area contributed by atoms with Crippen LogP contribution >= 0.6 is 27.5 Å². The fourth-order valence-electron chi connectivity index (χ4n) is 2.31. The number of para-hydroxylation sites is 1. The summed E-state index contributed by atoms with van der Waals surface area (Å²) < 4.78 is 1.06.